The predicted octanol–water partition coefficient (Wildman–Crippen LogP) is -0.190. The van der Waals surface area contributed by atoms with Gasteiger partial charge >= 0.3 is 0 Å². The Morgan fingerprint density at radius 3 is 2.54 bits per heavy atom. The number of nitrogens with zero attached hydrogens (tertiary/aromatic N) is 7. The van der Waals surface area contributed by atoms with Gasteiger partial charge in [0.2, 0.25) is 5.95 Å². The van der Waals surface area contributed by atoms with Crippen LogP contribution in [0.15, 0.2) is 23.5 Å². The molecule has 3 rings (SSSR count). The third-order valence-corrected chi connectivity index (χ3v) is 5.18. The summed E-state index contributed by atoms with van der Waals surface area (Å²) in [4.78, 5) is 23.1. The topological polar surface area (TPSA) is 63.1 Å². The third kappa shape index (κ3) is 4.82. The molecular weight excluding hydrogens is 328 g/mol. The van der Waals surface area contributed by atoms with E-state index in [2.05, 4.69) is 55.9 Å². The summed E-state index contributed by atoms with van der Waals surface area (Å²) >= 11 is 0. The highest BCUT2D eigenvalue weighted by Crippen LogP contribution is 2.11. The van der Waals surface area contributed by atoms with E-state index < -0.39 is 0 Å². The Bertz CT molecular complexity index is 570. The quantitative estimate of drug-likeness (QED) is 0.590. The molecular formula is C18H32N8. The highest BCUT2D eigenvalue weighted by Gasteiger charge is 2.24. The summed E-state index contributed by atoms with van der Waals surface area (Å²) in [5.74, 6) is 1.85. The molecule has 144 valence electrons. The van der Waals surface area contributed by atoms with Crippen molar-refractivity contribution in [3.8, 4) is 0 Å². The Labute approximate surface area is 156 Å². The molecule has 8 nitrogen and oxygen atoms in total. The van der Waals surface area contributed by atoms with Gasteiger partial charge in [0.05, 0.1) is 6.54 Å². The van der Waals surface area contributed by atoms with E-state index in [0.717, 1.165) is 70.8 Å². The van der Waals surface area contributed by atoms with Crippen LogP contribution < -0.4 is 10.2 Å². The van der Waals surface area contributed by atoms with E-state index in [1.165, 1.54) is 0 Å². The number of hydrogen-bond acceptors (Lipinski definition) is 6. The Hall–Kier alpha value is -1.93. The molecule has 3 heterocycles. The van der Waals surface area contributed by atoms with E-state index >= 15 is 0 Å². The first-order valence-corrected chi connectivity index (χ1v) is 9.61. The van der Waals surface area contributed by atoms with Gasteiger partial charge in [-0.05, 0) is 27.1 Å². The number of aliphatic imine (C=N–C) groups is 1. The Kier molecular flexibility index (Phi) is 6.62. The average molecular weight is 361 g/mol. The molecule has 1 unspecified atom stereocenters. The lowest BCUT2D eigenvalue weighted by Gasteiger charge is -2.38. The highest BCUT2D eigenvalue weighted by atomic mass is 15.4. The van der Waals surface area contributed by atoms with Crippen molar-refractivity contribution >= 4 is 11.9 Å². The van der Waals surface area contributed by atoms with E-state index in [1.54, 1.807) is 12.4 Å². The summed E-state index contributed by atoms with van der Waals surface area (Å²) in [7, 11) is 4.40. The first-order chi connectivity index (χ1) is 12.7. The summed E-state index contributed by atoms with van der Waals surface area (Å²) < 4.78 is 0. The van der Waals surface area contributed by atoms with Crippen molar-refractivity contribution in [1.29, 1.82) is 0 Å². The number of aromatic nitrogens is 2. The normalized spacial score (nSPS) is 23.3. The second kappa shape index (κ2) is 9.14. The summed E-state index contributed by atoms with van der Waals surface area (Å²) in [6.07, 6.45) is 3.61. The van der Waals surface area contributed by atoms with Crippen molar-refractivity contribution in [3.63, 3.8) is 0 Å². The number of rotatable bonds is 4. The smallest absolute Gasteiger partial charge is 0.225 e. The van der Waals surface area contributed by atoms with Gasteiger partial charge in [-0.15, -0.1) is 0 Å². The van der Waals surface area contributed by atoms with Gasteiger partial charge < -0.3 is 20.0 Å². The first kappa shape index (κ1) is 18.8. The van der Waals surface area contributed by atoms with E-state index in [-0.39, 0.29) is 0 Å². The van der Waals surface area contributed by atoms with E-state index in [0.29, 0.717) is 6.04 Å². The molecule has 8 heteroatoms. The minimum absolute atomic E-state index is 0.487. The van der Waals surface area contributed by atoms with Crippen LogP contribution in [0.25, 0.3) is 0 Å². The molecule has 2 saturated heterocycles. The molecule has 1 aromatic rings. The summed E-state index contributed by atoms with van der Waals surface area (Å²) in [6.45, 7) is 10.9. The number of likely N-dealkylation sites (N-methyl/N-ethyl adjacent to an activating group) is 2. The summed E-state index contributed by atoms with van der Waals surface area (Å²) in [5.41, 5.74) is 0. The molecule has 2 aliphatic heterocycles. The number of hydrogen-bond donors (Lipinski definition) is 1. The molecule has 0 radical (unpaired) electrons. The Balaban J connectivity index is 1.58. The van der Waals surface area contributed by atoms with Gasteiger partial charge in [-0.1, -0.05) is 0 Å². The maximum Gasteiger partial charge on any atom is 0.225 e. The SMILES string of the molecule is CCNC(=NCC1CN(C)CCN1C)N1CCN(c2ncccn2)CC1. The van der Waals surface area contributed by atoms with Crippen molar-refractivity contribution in [3.05, 3.63) is 18.5 Å². The van der Waals surface area contributed by atoms with Crippen molar-refractivity contribution < 1.29 is 0 Å². The van der Waals surface area contributed by atoms with Gasteiger partial charge in [-0.25, -0.2) is 9.97 Å². The minimum atomic E-state index is 0.487. The molecule has 2 fully saturated rings. The molecule has 0 aliphatic carbocycles. The molecule has 1 N–H and O–H groups in total. The van der Waals surface area contributed by atoms with Gasteiger partial charge in [0.15, 0.2) is 5.96 Å². The van der Waals surface area contributed by atoms with Crippen molar-refractivity contribution in [1.82, 2.24) is 30.0 Å². The van der Waals surface area contributed by atoms with Crippen LogP contribution in [-0.2, 0) is 0 Å². The third-order valence-electron chi connectivity index (χ3n) is 5.18. The molecule has 0 aromatic carbocycles. The maximum atomic E-state index is 4.96. The standard InChI is InChI=1S/C18H32N8/c1-4-19-17(22-14-16-15-23(2)8-9-24(16)3)25-10-12-26(13-11-25)18-20-6-5-7-21-18/h5-7,16H,4,8-15H2,1-3H3,(H,19,22). The van der Waals surface area contributed by atoms with E-state index in [9.17, 15) is 0 Å². The molecule has 2 aliphatic rings. The van der Waals surface area contributed by atoms with Gasteiger partial charge in [0, 0.05) is 70.8 Å². The number of nitrogens with one attached hydrogen (secondary N) is 1. The molecule has 0 amide bonds. The fourth-order valence-corrected chi connectivity index (χ4v) is 3.49. The van der Waals surface area contributed by atoms with Crippen LogP contribution >= 0.6 is 0 Å². The number of piperazine rings is 2. The van der Waals surface area contributed by atoms with Crippen LogP contribution in [0.2, 0.25) is 0 Å². The maximum absolute atomic E-state index is 4.96. The monoisotopic (exact) mass is 360 g/mol. The zero-order valence-electron chi connectivity index (χ0n) is 16.3. The Morgan fingerprint density at radius 1 is 1.12 bits per heavy atom. The predicted molar refractivity (Wildman–Crippen MR) is 106 cm³/mol. The van der Waals surface area contributed by atoms with Crippen LogP contribution in [-0.4, -0.2) is 110 Å². The van der Waals surface area contributed by atoms with Gasteiger partial charge in [0.1, 0.15) is 0 Å². The van der Waals surface area contributed by atoms with Gasteiger partial charge in [-0.3, -0.25) is 9.89 Å². The van der Waals surface area contributed by atoms with Crippen LogP contribution in [0.1, 0.15) is 6.92 Å². The summed E-state index contributed by atoms with van der Waals surface area (Å²) in [5, 5.41) is 3.47. The second-order valence-electron chi connectivity index (χ2n) is 7.11. The minimum Gasteiger partial charge on any atom is -0.357 e. The van der Waals surface area contributed by atoms with Crippen LogP contribution in [0.5, 0.6) is 0 Å². The number of guanidine groups is 1. The fourth-order valence-electron chi connectivity index (χ4n) is 3.49. The first-order valence-electron chi connectivity index (χ1n) is 9.61. The zero-order chi connectivity index (χ0) is 18.4. The molecule has 1 aromatic heterocycles. The lowest BCUT2D eigenvalue weighted by atomic mass is 10.2. The largest absolute Gasteiger partial charge is 0.357 e. The summed E-state index contributed by atoms with van der Waals surface area (Å²) in [6, 6.07) is 2.34. The molecule has 1 atom stereocenters. The lowest BCUT2D eigenvalue weighted by molar-refractivity contribution is 0.119. The van der Waals surface area contributed by atoms with Crippen molar-refractivity contribution in [2.45, 2.75) is 13.0 Å². The second-order valence-corrected chi connectivity index (χ2v) is 7.11. The molecule has 0 saturated carbocycles. The van der Waals surface area contributed by atoms with Crippen molar-refractivity contribution in [2.24, 2.45) is 4.99 Å². The van der Waals surface area contributed by atoms with E-state index in [1.807, 2.05) is 6.07 Å². The van der Waals surface area contributed by atoms with Crippen LogP contribution in [0.4, 0.5) is 5.95 Å². The molecule has 0 spiro atoms. The van der Waals surface area contributed by atoms with Crippen molar-refractivity contribution in [2.75, 3.05) is 77.9 Å². The van der Waals surface area contributed by atoms with Crippen LogP contribution in [0, 0.1) is 0 Å². The Morgan fingerprint density at radius 2 is 1.85 bits per heavy atom. The lowest BCUT2D eigenvalue weighted by Crippen LogP contribution is -2.54. The highest BCUT2D eigenvalue weighted by molar-refractivity contribution is 5.80. The van der Waals surface area contributed by atoms with Gasteiger partial charge in [0.25, 0.3) is 0 Å². The number of anilines is 1. The van der Waals surface area contributed by atoms with Gasteiger partial charge in [-0.2, -0.15) is 0 Å². The molecule has 26 heavy (non-hydrogen) atoms. The van der Waals surface area contributed by atoms with Crippen LogP contribution in [0.3, 0.4) is 0 Å². The van der Waals surface area contributed by atoms with E-state index in [4.69, 9.17) is 4.99 Å². The molecule has 0 bridgehead atoms. The fraction of sp³-hybridized carbons (Fsp3) is 0.722. The zero-order valence-corrected chi connectivity index (χ0v) is 16.3. The average Bonchev–Trinajstić information content (AvgIpc) is 2.68.